The Kier molecular flexibility index (Phi) is 6.54. The SMILES string of the molecule is CCOC(=O)c1cc(C)n(C(C)c2cc(Cl)ccc2OCc2ccc(F)cc2)n1. The second-order valence-electron chi connectivity index (χ2n) is 6.61. The highest BCUT2D eigenvalue weighted by atomic mass is 35.5. The van der Waals surface area contributed by atoms with Gasteiger partial charge in [0.2, 0.25) is 0 Å². The fraction of sp³-hybridized carbons (Fsp3) is 0.273. The lowest BCUT2D eigenvalue weighted by Gasteiger charge is -2.19. The molecule has 0 amide bonds. The third kappa shape index (κ3) is 4.95. The van der Waals surface area contributed by atoms with Crippen molar-refractivity contribution in [3.63, 3.8) is 0 Å². The molecular weight excluding hydrogens is 395 g/mol. The van der Waals surface area contributed by atoms with E-state index in [1.165, 1.54) is 12.1 Å². The molecule has 2 aromatic carbocycles. The Hall–Kier alpha value is -2.86. The first-order chi connectivity index (χ1) is 13.9. The monoisotopic (exact) mass is 416 g/mol. The first kappa shape index (κ1) is 20.9. The number of carbonyl (C=O) groups excluding carboxylic acids is 1. The number of ether oxygens (including phenoxy) is 2. The van der Waals surface area contributed by atoms with Crippen LogP contribution in [0.25, 0.3) is 0 Å². The van der Waals surface area contributed by atoms with Crippen LogP contribution < -0.4 is 4.74 Å². The maximum atomic E-state index is 13.1. The number of esters is 1. The van der Waals surface area contributed by atoms with Gasteiger partial charge >= 0.3 is 5.97 Å². The van der Waals surface area contributed by atoms with Crippen molar-refractivity contribution in [3.05, 3.63) is 81.9 Å². The van der Waals surface area contributed by atoms with Gasteiger partial charge in [-0.1, -0.05) is 23.7 Å². The number of aromatic nitrogens is 2. The van der Waals surface area contributed by atoms with E-state index in [9.17, 15) is 9.18 Å². The van der Waals surface area contributed by atoms with Crippen LogP contribution in [0.15, 0.2) is 48.5 Å². The predicted octanol–water partition coefficient (Wildman–Crippen LogP) is 5.35. The molecule has 0 saturated heterocycles. The van der Waals surface area contributed by atoms with Crippen molar-refractivity contribution in [1.29, 1.82) is 0 Å². The molecule has 0 saturated carbocycles. The summed E-state index contributed by atoms with van der Waals surface area (Å²) in [7, 11) is 0. The van der Waals surface area contributed by atoms with E-state index < -0.39 is 5.97 Å². The number of hydrogen-bond donors (Lipinski definition) is 0. The zero-order chi connectivity index (χ0) is 21.0. The van der Waals surface area contributed by atoms with Crippen molar-refractivity contribution in [2.24, 2.45) is 0 Å². The summed E-state index contributed by atoms with van der Waals surface area (Å²) in [4.78, 5) is 12.0. The molecule has 0 aliphatic heterocycles. The topological polar surface area (TPSA) is 53.4 Å². The molecular formula is C22H22ClFN2O3. The molecule has 1 heterocycles. The summed E-state index contributed by atoms with van der Waals surface area (Å²) in [6, 6.07) is 13.0. The van der Waals surface area contributed by atoms with Crippen molar-refractivity contribution in [2.75, 3.05) is 6.61 Å². The minimum Gasteiger partial charge on any atom is -0.489 e. The number of hydrogen-bond acceptors (Lipinski definition) is 4. The second-order valence-corrected chi connectivity index (χ2v) is 7.05. The Labute approximate surface area is 174 Å². The Morgan fingerprint density at radius 2 is 1.93 bits per heavy atom. The van der Waals surface area contributed by atoms with Gasteiger partial charge in [-0.05, 0) is 62.7 Å². The van der Waals surface area contributed by atoms with E-state index in [-0.39, 0.29) is 30.8 Å². The van der Waals surface area contributed by atoms with Gasteiger partial charge in [0.25, 0.3) is 0 Å². The number of benzene rings is 2. The summed E-state index contributed by atoms with van der Waals surface area (Å²) in [5.74, 6) is -0.111. The number of halogens is 2. The van der Waals surface area contributed by atoms with Gasteiger partial charge in [0.05, 0.1) is 12.6 Å². The lowest BCUT2D eigenvalue weighted by molar-refractivity contribution is 0.0518. The van der Waals surface area contributed by atoms with E-state index in [2.05, 4.69) is 5.10 Å². The van der Waals surface area contributed by atoms with Gasteiger partial charge in [-0.2, -0.15) is 5.10 Å². The van der Waals surface area contributed by atoms with Crippen LogP contribution in [-0.2, 0) is 11.3 Å². The van der Waals surface area contributed by atoms with Crippen molar-refractivity contribution in [1.82, 2.24) is 9.78 Å². The van der Waals surface area contributed by atoms with Gasteiger partial charge in [-0.25, -0.2) is 9.18 Å². The molecule has 0 bridgehead atoms. The first-order valence-electron chi connectivity index (χ1n) is 9.29. The van der Waals surface area contributed by atoms with Gasteiger partial charge in [-0.3, -0.25) is 4.68 Å². The predicted molar refractivity (Wildman–Crippen MR) is 109 cm³/mol. The molecule has 0 aliphatic rings. The summed E-state index contributed by atoms with van der Waals surface area (Å²) >= 11 is 6.22. The minimum atomic E-state index is -0.458. The normalized spacial score (nSPS) is 11.9. The smallest absolute Gasteiger partial charge is 0.358 e. The summed E-state index contributed by atoms with van der Waals surface area (Å²) in [6.07, 6.45) is 0. The molecule has 5 nitrogen and oxygen atoms in total. The average molecular weight is 417 g/mol. The average Bonchev–Trinajstić information content (AvgIpc) is 3.09. The minimum absolute atomic E-state index is 0.236. The fourth-order valence-electron chi connectivity index (χ4n) is 3.04. The number of rotatable bonds is 7. The van der Waals surface area contributed by atoms with Gasteiger partial charge in [-0.15, -0.1) is 0 Å². The zero-order valence-electron chi connectivity index (χ0n) is 16.5. The highest BCUT2D eigenvalue weighted by molar-refractivity contribution is 6.30. The van der Waals surface area contributed by atoms with Crippen molar-refractivity contribution in [2.45, 2.75) is 33.4 Å². The van der Waals surface area contributed by atoms with Crippen LogP contribution in [-0.4, -0.2) is 22.4 Å². The fourth-order valence-corrected chi connectivity index (χ4v) is 3.22. The van der Waals surface area contributed by atoms with E-state index in [0.717, 1.165) is 16.8 Å². The van der Waals surface area contributed by atoms with E-state index >= 15 is 0 Å². The first-order valence-corrected chi connectivity index (χ1v) is 9.66. The van der Waals surface area contributed by atoms with E-state index in [4.69, 9.17) is 21.1 Å². The Morgan fingerprint density at radius 1 is 1.21 bits per heavy atom. The third-order valence-corrected chi connectivity index (χ3v) is 4.74. The molecule has 0 N–H and O–H groups in total. The molecule has 0 radical (unpaired) electrons. The van der Waals surface area contributed by atoms with Crippen LogP contribution in [0.5, 0.6) is 5.75 Å². The van der Waals surface area contributed by atoms with Crippen LogP contribution >= 0.6 is 11.6 Å². The molecule has 7 heteroatoms. The van der Waals surface area contributed by atoms with E-state index in [1.807, 2.05) is 19.9 Å². The second kappa shape index (κ2) is 9.09. The third-order valence-electron chi connectivity index (χ3n) is 4.50. The van der Waals surface area contributed by atoms with Crippen LogP contribution in [0.2, 0.25) is 5.02 Å². The maximum Gasteiger partial charge on any atom is 0.358 e. The number of carbonyl (C=O) groups is 1. The molecule has 0 aliphatic carbocycles. The lowest BCUT2D eigenvalue weighted by atomic mass is 10.1. The lowest BCUT2D eigenvalue weighted by Crippen LogP contribution is -2.13. The van der Waals surface area contributed by atoms with Gasteiger partial charge < -0.3 is 9.47 Å². The Morgan fingerprint density at radius 3 is 2.62 bits per heavy atom. The molecule has 0 fully saturated rings. The molecule has 3 rings (SSSR count). The van der Waals surface area contributed by atoms with Crippen LogP contribution in [0.4, 0.5) is 4.39 Å². The number of nitrogens with zero attached hydrogens (tertiary/aromatic N) is 2. The van der Waals surface area contributed by atoms with Crippen molar-refractivity contribution >= 4 is 17.6 Å². The highest BCUT2D eigenvalue weighted by Gasteiger charge is 2.20. The molecule has 3 aromatic rings. The molecule has 1 aromatic heterocycles. The standard InChI is InChI=1S/C22H22ClFN2O3/c1-4-28-22(27)20-11-14(2)26(25-20)15(3)19-12-17(23)7-10-21(19)29-13-16-5-8-18(24)9-6-16/h5-12,15H,4,13H2,1-3H3. The summed E-state index contributed by atoms with van der Waals surface area (Å²) in [6.45, 7) is 6.14. The quantitative estimate of drug-likeness (QED) is 0.487. The maximum absolute atomic E-state index is 13.1. The van der Waals surface area contributed by atoms with Gasteiger partial charge in [0.1, 0.15) is 18.2 Å². The summed E-state index contributed by atoms with van der Waals surface area (Å²) in [5.41, 5.74) is 2.73. The Bertz CT molecular complexity index is 1000. The van der Waals surface area contributed by atoms with Crippen molar-refractivity contribution < 1.29 is 18.7 Å². The van der Waals surface area contributed by atoms with Gasteiger partial charge in [0, 0.05) is 16.3 Å². The molecule has 1 atom stereocenters. The number of aryl methyl sites for hydroxylation is 1. The van der Waals surface area contributed by atoms with Crippen LogP contribution in [0.1, 0.15) is 47.2 Å². The van der Waals surface area contributed by atoms with Crippen molar-refractivity contribution in [3.8, 4) is 5.75 Å². The largest absolute Gasteiger partial charge is 0.489 e. The van der Waals surface area contributed by atoms with E-state index in [1.54, 1.807) is 41.9 Å². The molecule has 0 spiro atoms. The zero-order valence-corrected chi connectivity index (χ0v) is 17.2. The van der Waals surface area contributed by atoms with Crippen LogP contribution in [0.3, 0.4) is 0 Å². The Balaban J connectivity index is 1.86. The highest BCUT2D eigenvalue weighted by Crippen LogP contribution is 2.32. The molecule has 29 heavy (non-hydrogen) atoms. The summed E-state index contributed by atoms with van der Waals surface area (Å²) < 4.78 is 25.9. The van der Waals surface area contributed by atoms with Gasteiger partial charge in [0.15, 0.2) is 5.69 Å². The van der Waals surface area contributed by atoms with E-state index in [0.29, 0.717) is 10.8 Å². The summed E-state index contributed by atoms with van der Waals surface area (Å²) in [5, 5.41) is 4.97. The van der Waals surface area contributed by atoms with Crippen LogP contribution in [0, 0.1) is 12.7 Å². The molecule has 1 unspecified atom stereocenters. The molecule has 152 valence electrons.